The summed E-state index contributed by atoms with van der Waals surface area (Å²) < 4.78 is 7.60. The molecule has 1 aromatic rings. The molecule has 1 aliphatic rings. The van der Waals surface area contributed by atoms with Crippen LogP contribution in [0.15, 0.2) is 23.1 Å². The van der Waals surface area contributed by atoms with Gasteiger partial charge in [-0.05, 0) is 31.2 Å². The first kappa shape index (κ1) is 14.1. The molecule has 1 aromatic heterocycles. The Morgan fingerprint density at radius 2 is 2.16 bits per heavy atom. The number of rotatable bonds is 5. The SMILES string of the molecule is CC1CCCCC1OCCCn1cc(N)ccc1=O. The average Bonchev–Trinajstić information content (AvgIpc) is 2.40. The van der Waals surface area contributed by atoms with E-state index in [0.717, 1.165) is 13.0 Å². The number of nitrogens with two attached hydrogens (primary N) is 1. The summed E-state index contributed by atoms with van der Waals surface area (Å²) in [5, 5.41) is 0. The van der Waals surface area contributed by atoms with E-state index in [1.54, 1.807) is 16.8 Å². The zero-order valence-corrected chi connectivity index (χ0v) is 11.7. The zero-order chi connectivity index (χ0) is 13.7. The van der Waals surface area contributed by atoms with Crippen molar-refractivity contribution >= 4 is 5.69 Å². The maximum absolute atomic E-state index is 11.6. The lowest BCUT2D eigenvalue weighted by atomic mass is 9.88. The number of ether oxygens (including phenoxy) is 1. The number of anilines is 1. The molecule has 1 heterocycles. The lowest BCUT2D eigenvalue weighted by Crippen LogP contribution is -2.26. The summed E-state index contributed by atoms with van der Waals surface area (Å²) in [5.41, 5.74) is 6.30. The molecule has 0 amide bonds. The van der Waals surface area contributed by atoms with E-state index < -0.39 is 0 Å². The lowest BCUT2D eigenvalue weighted by molar-refractivity contribution is -0.00707. The van der Waals surface area contributed by atoms with E-state index in [1.165, 1.54) is 31.7 Å². The molecule has 1 saturated carbocycles. The first-order valence-electron chi connectivity index (χ1n) is 7.24. The minimum atomic E-state index is 0.000217. The smallest absolute Gasteiger partial charge is 0.250 e. The number of nitrogens with zero attached hydrogens (tertiary/aromatic N) is 1. The normalized spacial score (nSPS) is 23.4. The summed E-state index contributed by atoms with van der Waals surface area (Å²) in [6.45, 7) is 3.66. The van der Waals surface area contributed by atoms with Crippen molar-refractivity contribution in [3.05, 3.63) is 28.7 Å². The molecule has 106 valence electrons. The monoisotopic (exact) mass is 264 g/mol. The molecule has 19 heavy (non-hydrogen) atoms. The van der Waals surface area contributed by atoms with Gasteiger partial charge in [0.1, 0.15) is 0 Å². The summed E-state index contributed by atoms with van der Waals surface area (Å²) in [4.78, 5) is 11.6. The summed E-state index contributed by atoms with van der Waals surface area (Å²) in [6.07, 6.45) is 8.03. The third-order valence-corrected chi connectivity index (χ3v) is 3.91. The van der Waals surface area contributed by atoms with E-state index in [4.69, 9.17) is 10.5 Å². The van der Waals surface area contributed by atoms with E-state index in [9.17, 15) is 4.79 Å². The summed E-state index contributed by atoms with van der Waals surface area (Å²) >= 11 is 0. The van der Waals surface area contributed by atoms with Gasteiger partial charge in [-0.1, -0.05) is 19.8 Å². The number of aryl methyl sites for hydroxylation is 1. The van der Waals surface area contributed by atoms with Crippen molar-refractivity contribution in [3.8, 4) is 0 Å². The molecule has 1 aliphatic carbocycles. The van der Waals surface area contributed by atoms with Crippen LogP contribution in [-0.4, -0.2) is 17.3 Å². The highest BCUT2D eigenvalue weighted by atomic mass is 16.5. The molecular formula is C15H24N2O2. The topological polar surface area (TPSA) is 57.2 Å². The van der Waals surface area contributed by atoms with Crippen molar-refractivity contribution in [2.45, 2.75) is 51.7 Å². The van der Waals surface area contributed by atoms with Gasteiger partial charge in [0.15, 0.2) is 0 Å². The molecule has 2 N–H and O–H groups in total. The van der Waals surface area contributed by atoms with Crippen LogP contribution in [0.25, 0.3) is 0 Å². The molecule has 0 spiro atoms. The predicted octanol–water partition coefficient (Wildman–Crippen LogP) is 2.42. The van der Waals surface area contributed by atoms with Crippen molar-refractivity contribution in [1.29, 1.82) is 0 Å². The molecule has 0 bridgehead atoms. The highest BCUT2D eigenvalue weighted by molar-refractivity contribution is 5.33. The van der Waals surface area contributed by atoms with Crippen LogP contribution < -0.4 is 11.3 Å². The highest BCUT2D eigenvalue weighted by Gasteiger charge is 2.21. The maximum Gasteiger partial charge on any atom is 0.250 e. The average molecular weight is 264 g/mol. The number of nitrogen functional groups attached to an aromatic ring is 1. The zero-order valence-electron chi connectivity index (χ0n) is 11.7. The third-order valence-electron chi connectivity index (χ3n) is 3.91. The van der Waals surface area contributed by atoms with Crippen LogP contribution in [0.3, 0.4) is 0 Å². The predicted molar refractivity (Wildman–Crippen MR) is 77.1 cm³/mol. The number of hydrogen-bond acceptors (Lipinski definition) is 3. The Labute approximate surface area is 114 Å². The van der Waals surface area contributed by atoms with Gasteiger partial charge >= 0.3 is 0 Å². The van der Waals surface area contributed by atoms with E-state index in [2.05, 4.69) is 6.92 Å². The summed E-state index contributed by atoms with van der Waals surface area (Å²) in [7, 11) is 0. The van der Waals surface area contributed by atoms with E-state index in [-0.39, 0.29) is 5.56 Å². The Balaban J connectivity index is 1.74. The first-order valence-corrected chi connectivity index (χ1v) is 7.24. The Hall–Kier alpha value is -1.29. The minimum Gasteiger partial charge on any atom is -0.398 e. The van der Waals surface area contributed by atoms with Gasteiger partial charge in [-0.15, -0.1) is 0 Å². The van der Waals surface area contributed by atoms with Crippen molar-refractivity contribution in [2.75, 3.05) is 12.3 Å². The molecule has 2 atom stereocenters. The van der Waals surface area contributed by atoms with Crippen LogP contribution in [0.2, 0.25) is 0 Å². The lowest BCUT2D eigenvalue weighted by Gasteiger charge is -2.28. The van der Waals surface area contributed by atoms with Crippen LogP contribution in [0.4, 0.5) is 5.69 Å². The Bertz CT molecular complexity index is 456. The second-order valence-corrected chi connectivity index (χ2v) is 5.52. The van der Waals surface area contributed by atoms with Crippen LogP contribution in [0, 0.1) is 5.92 Å². The van der Waals surface area contributed by atoms with Crippen LogP contribution in [-0.2, 0) is 11.3 Å². The molecule has 4 nitrogen and oxygen atoms in total. The number of aromatic nitrogens is 1. The van der Waals surface area contributed by atoms with Crippen molar-refractivity contribution < 1.29 is 4.74 Å². The van der Waals surface area contributed by atoms with Gasteiger partial charge in [-0.25, -0.2) is 0 Å². The highest BCUT2D eigenvalue weighted by Crippen LogP contribution is 2.26. The number of pyridine rings is 1. The minimum absolute atomic E-state index is 0.000217. The third kappa shape index (κ3) is 4.10. The molecule has 0 aliphatic heterocycles. The molecule has 0 radical (unpaired) electrons. The number of hydrogen-bond donors (Lipinski definition) is 1. The van der Waals surface area contributed by atoms with Gasteiger partial charge in [0.05, 0.1) is 6.10 Å². The van der Waals surface area contributed by atoms with Gasteiger partial charge in [0.2, 0.25) is 0 Å². The quantitative estimate of drug-likeness (QED) is 0.831. The molecule has 2 unspecified atom stereocenters. The van der Waals surface area contributed by atoms with Crippen molar-refractivity contribution in [1.82, 2.24) is 4.57 Å². The second-order valence-electron chi connectivity index (χ2n) is 5.52. The van der Waals surface area contributed by atoms with Crippen LogP contribution in [0.1, 0.15) is 39.0 Å². The molecule has 4 heteroatoms. The van der Waals surface area contributed by atoms with E-state index >= 15 is 0 Å². The largest absolute Gasteiger partial charge is 0.398 e. The van der Waals surface area contributed by atoms with Crippen molar-refractivity contribution in [2.24, 2.45) is 5.92 Å². The molecule has 1 fully saturated rings. The fraction of sp³-hybridized carbons (Fsp3) is 0.667. The summed E-state index contributed by atoms with van der Waals surface area (Å²) in [5.74, 6) is 0.670. The Kier molecular flexibility index (Phi) is 5.02. The molecular weight excluding hydrogens is 240 g/mol. The fourth-order valence-electron chi connectivity index (χ4n) is 2.72. The molecule has 2 rings (SSSR count). The fourth-order valence-corrected chi connectivity index (χ4v) is 2.72. The summed E-state index contributed by atoms with van der Waals surface area (Å²) in [6, 6.07) is 3.15. The van der Waals surface area contributed by atoms with E-state index in [1.807, 2.05) is 0 Å². The van der Waals surface area contributed by atoms with Gasteiger partial charge in [-0.3, -0.25) is 4.79 Å². The molecule has 0 aromatic carbocycles. The first-order chi connectivity index (χ1) is 9.16. The van der Waals surface area contributed by atoms with Crippen LogP contribution >= 0.6 is 0 Å². The maximum atomic E-state index is 11.6. The van der Waals surface area contributed by atoms with Gasteiger partial charge in [0, 0.05) is 31.1 Å². The standard InChI is InChI=1S/C15H24N2O2/c1-12-5-2-3-6-14(12)19-10-4-9-17-11-13(16)7-8-15(17)18/h7-8,11-12,14H,2-6,9-10,16H2,1H3. The van der Waals surface area contributed by atoms with Gasteiger partial charge < -0.3 is 15.0 Å². The van der Waals surface area contributed by atoms with Crippen molar-refractivity contribution in [3.63, 3.8) is 0 Å². The second kappa shape index (κ2) is 6.75. The van der Waals surface area contributed by atoms with E-state index in [0.29, 0.717) is 24.3 Å². The Morgan fingerprint density at radius 3 is 2.95 bits per heavy atom. The molecule has 0 saturated heterocycles. The Morgan fingerprint density at radius 1 is 1.37 bits per heavy atom. The van der Waals surface area contributed by atoms with Crippen LogP contribution in [0.5, 0.6) is 0 Å². The van der Waals surface area contributed by atoms with Gasteiger partial charge in [0.25, 0.3) is 5.56 Å². The van der Waals surface area contributed by atoms with Gasteiger partial charge in [-0.2, -0.15) is 0 Å².